The Bertz CT molecular complexity index is 779. The molecule has 0 spiro atoms. The number of thiophene rings is 1. The van der Waals surface area contributed by atoms with E-state index >= 15 is 0 Å². The number of nitrogens with zero attached hydrogens (tertiary/aromatic N) is 3. The molecule has 2 unspecified atom stereocenters. The first-order valence-electron chi connectivity index (χ1n) is 9.06. The van der Waals surface area contributed by atoms with Gasteiger partial charge in [-0.1, -0.05) is 19.8 Å². The summed E-state index contributed by atoms with van der Waals surface area (Å²) in [4.78, 5) is 35.8. The summed E-state index contributed by atoms with van der Waals surface area (Å²) in [6.45, 7) is 3.39. The van der Waals surface area contributed by atoms with Gasteiger partial charge in [0.1, 0.15) is 23.0 Å². The maximum atomic E-state index is 12.6. The van der Waals surface area contributed by atoms with E-state index in [1.54, 1.807) is 17.7 Å². The Hall–Kier alpha value is -2.22. The van der Waals surface area contributed by atoms with Crippen LogP contribution in [0.15, 0.2) is 17.8 Å². The van der Waals surface area contributed by atoms with Crippen LogP contribution in [-0.4, -0.2) is 46.1 Å². The number of carbonyl (C=O) groups is 2. The van der Waals surface area contributed by atoms with Gasteiger partial charge in [-0.2, -0.15) is 0 Å². The number of carbonyl (C=O) groups excluding carboxylic acids is 1. The molecule has 2 atom stereocenters. The van der Waals surface area contributed by atoms with Crippen molar-refractivity contribution < 1.29 is 14.7 Å². The minimum atomic E-state index is -0.963. The van der Waals surface area contributed by atoms with Crippen LogP contribution in [0.4, 0.5) is 5.82 Å². The zero-order chi connectivity index (χ0) is 18.5. The quantitative estimate of drug-likeness (QED) is 0.771. The maximum absolute atomic E-state index is 12.6. The van der Waals surface area contributed by atoms with Gasteiger partial charge in [-0.25, -0.2) is 14.8 Å². The van der Waals surface area contributed by atoms with Gasteiger partial charge in [0.05, 0.1) is 11.3 Å². The van der Waals surface area contributed by atoms with E-state index in [4.69, 9.17) is 0 Å². The second-order valence-corrected chi connectivity index (χ2v) is 7.56. The molecule has 1 saturated heterocycles. The summed E-state index contributed by atoms with van der Waals surface area (Å²) in [5.74, 6) is -0.505. The van der Waals surface area contributed by atoms with Crippen molar-refractivity contribution in [2.45, 2.75) is 45.1 Å². The summed E-state index contributed by atoms with van der Waals surface area (Å²) < 4.78 is 0. The molecule has 140 valence electrons. The second kappa shape index (κ2) is 8.44. The number of unbranched alkanes of at least 4 members (excludes halogenated alkanes) is 1. The lowest BCUT2D eigenvalue weighted by Crippen LogP contribution is -2.48. The van der Waals surface area contributed by atoms with Gasteiger partial charge in [0, 0.05) is 13.1 Å². The fourth-order valence-electron chi connectivity index (χ4n) is 3.37. The number of carboxylic acids is 1. The van der Waals surface area contributed by atoms with E-state index in [0.29, 0.717) is 13.0 Å². The van der Waals surface area contributed by atoms with E-state index in [1.165, 1.54) is 0 Å². The predicted molar refractivity (Wildman–Crippen MR) is 101 cm³/mol. The molecule has 2 aromatic heterocycles. The first kappa shape index (κ1) is 18.6. The summed E-state index contributed by atoms with van der Waals surface area (Å²) in [5, 5.41) is 15.1. The lowest BCUT2D eigenvalue weighted by Gasteiger charge is -2.33. The normalized spacial score (nSPS) is 18.7. The average molecular weight is 376 g/mol. The average Bonchev–Trinajstić information content (AvgIpc) is 3.13. The highest BCUT2D eigenvalue weighted by Gasteiger charge is 2.30. The molecule has 3 rings (SSSR count). The van der Waals surface area contributed by atoms with Crippen LogP contribution < -0.4 is 10.2 Å². The van der Waals surface area contributed by atoms with Gasteiger partial charge in [0.2, 0.25) is 5.91 Å². The maximum Gasteiger partial charge on any atom is 0.326 e. The Balaban J connectivity index is 1.68. The lowest BCUT2D eigenvalue weighted by atomic mass is 9.96. The number of fused-ring (bicyclic) bond motifs is 1. The van der Waals surface area contributed by atoms with Crippen molar-refractivity contribution in [2.75, 3.05) is 18.0 Å². The monoisotopic (exact) mass is 376 g/mol. The third kappa shape index (κ3) is 4.12. The van der Waals surface area contributed by atoms with Gasteiger partial charge >= 0.3 is 5.97 Å². The van der Waals surface area contributed by atoms with Crippen molar-refractivity contribution in [3.05, 3.63) is 17.8 Å². The van der Waals surface area contributed by atoms with E-state index < -0.39 is 12.0 Å². The molecule has 2 N–H and O–H groups in total. The molecule has 0 bridgehead atoms. The number of amides is 1. The van der Waals surface area contributed by atoms with E-state index in [2.05, 4.69) is 20.2 Å². The molecule has 0 saturated carbocycles. The highest BCUT2D eigenvalue weighted by Crippen LogP contribution is 2.30. The SMILES string of the molecule is CCCCC(NC(=O)C1CCCN(c2ncnc3sccc23)C1)C(=O)O. The Morgan fingerprint density at radius 3 is 3.08 bits per heavy atom. The van der Waals surface area contributed by atoms with Gasteiger partial charge in [-0.3, -0.25) is 4.79 Å². The molecular weight excluding hydrogens is 352 g/mol. The van der Waals surface area contributed by atoms with Crippen LogP contribution in [0.3, 0.4) is 0 Å². The number of aliphatic carboxylic acids is 1. The van der Waals surface area contributed by atoms with Gasteiger partial charge in [0.15, 0.2) is 0 Å². The van der Waals surface area contributed by atoms with Crippen LogP contribution in [0.5, 0.6) is 0 Å². The third-order valence-corrected chi connectivity index (χ3v) is 5.61. The number of piperidine rings is 1. The molecule has 8 heteroatoms. The molecule has 1 aliphatic rings. The topological polar surface area (TPSA) is 95.4 Å². The molecule has 0 radical (unpaired) electrons. The van der Waals surface area contributed by atoms with Crippen LogP contribution in [0.1, 0.15) is 39.0 Å². The third-order valence-electron chi connectivity index (χ3n) is 4.79. The zero-order valence-corrected chi connectivity index (χ0v) is 15.7. The Kier molecular flexibility index (Phi) is 6.03. The first-order valence-corrected chi connectivity index (χ1v) is 9.94. The van der Waals surface area contributed by atoms with E-state index in [9.17, 15) is 14.7 Å². The van der Waals surface area contributed by atoms with Gasteiger partial charge < -0.3 is 15.3 Å². The molecule has 1 amide bonds. The number of hydrogen-bond donors (Lipinski definition) is 2. The van der Waals surface area contributed by atoms with Crippen LogP contribution >= 0.6 is 11.3 Å². The smallest absolute Gasteiger partial charge is 0.326 e. The lowest BCUT2D eigenvalue weighted by molar-refractivity contribution is -0.142. The number of hydrogen-bond acceptors (Lipinski definition) is 6. The van der Waals surface area contributed by atoms with Crippen molar-refractivity contribution in [2.24, 2.45) is 5.92 Å². The fourth-order valence-corrected chi connectivity index (χ4v) is 4.10. The van der Waals surface area contributed by atoms with Crippen molar-refractivity contribution in [1.29, 1.82) is 0 Å². The highest BCUT2D eigenvalue weighted by molar-refractivity contribution is 7.16. The van der Waals surface area contributed by atoms with Crippen LogP contribution in [0.25, 0.3) is 10.2 Å². The highest BCUT2D eigenvalue weighted by atomic mass is 32.1. The van der Waals surface area contributed by atoms with E-state index in [-0.39, 0.29) is 11.8 Å². The number of aromatic nitrogens is 2. The Labute approximate surface area is 156 Å². The van der Waals surface area contributed by atoms with E-state index in [1.807, 2.05) is 18.4 Å². The largest absolute Gasteiger partial charge is 0.480 e. The van der Waals surface area contributed by atoms with E-state index in [0.717, 1.165) is 48.3 Å². The van der Waals surface area contributed by atoms with Crippen LogP contribution in [-0.2, 0) is 9.59 Å². The molecular formula is C18H24N4O3S. The zero-order valence-electron chi connectivity index (χ0n) is 14.9. The first-order chi connectivity index (χ1) is 12.6. The Morgan fingerprint density at radius 1 is 1.46 bits per heavy atom. The van der Waals surface area contributed by atoms with Crippen LogP contribution in [0.2, 0.25) is 0 Å². The summed E-state index contributed by atoms with van der Waals surface area (Å²) in [6, 6.07) is 1.20. The molecule has 7 nitrogen and oxygen atoms in total. The molecule has 0 aromatic carbocycles. The minimum Gasteiger partial charge on any atom is -0.480 e. The minimum absolute atomic E-state index is 0.172. The van der Waals surface area contributed by atoms with Gasteiger partial charge in [0.25, 0.3) is 0 Å². The van der Waals surface area contributed by atoms with Crippen molar-refractivity contribution >= 4 is 39.2 Å². The molecule has 1 aliphatic heterocycles. The fraction of sp³-hybridized carbons (Fsp3) is 0.556. The summed E-state index contributed by atoms with van der Waals surface area (Å²) >= 11 is 1.57. The number of anilines is 1. The molecule has 1 fully saturated rings. The molecule has 2 aromatic rings. The summed E-state index contributed by atoms with van der Waals surface area (Å²) in [7, 11) is 0. The molecule has 26 heavy (non-hydrogen) atoms. The number of nitrogens with one attached hydrogen (secondary N) is 1. The number of carboxylic acid groups (broad SMARTS) is 1. The number of rotatable bonds is 7. The van der Waals surface area contributed by atoms with Gasteiger partial charge in [-0.15, -0.1) is 11.3 Å². The second-order valence-electron chi connectivity index (χ2n) is 6.66. The summed E-state index contributed by atoms with van der Waals surface area (Å²) in [6.07, 6.45) is 5.35. The van der Waals surface area contributed by atoms with Crippen LogP contribution in [0, 0.1) is 5.92 Å². The van der Waals surface area contributed by atoms with Crippen molar-refractivity contribution in [1.82, 2.24) is 15.3 Å². The summed E-state index contributed by atoms with van der Waals surface area (Å²) in [5.41, 5.74) is 0. The van der Waals surface area contributed by atoms with Crippen molar-refractivity contribution in [3.63, 3.8) is 0 Å². The Morgan fingerprint density at radius 2 is 2.31 bits per heavy atom. The molecule has 0 aliphatic carbocycles. The predicted octanol–water partition coefficient (Wildman–Crippen LogP) is 2.67. The van der Waals surface area contributed by atoms with Crippen molar-refractivity contribution in [3.8, 4) is 0 Å². The molecule has 3 heterocycles. The standard InChI is InChI=1S/C18H24N4O3S/c1-2-3-6-14(18(24)25)21-16(23)12-5-4-8-22(10-12)15-13-7-9-26-17(13)20-11-19-15/h7,9,11-12,14H,2-6,8,10H2,1H3,(H,21,23)(H,24,25). The van der Waals surface area contributed by atoms with Gasteiger partial charge in [-0.05, 0) is 30.7 Å².